The molecule has 0 radical (unpaired) electrons. The van der Waals surface area contributed by atoms with Crippen LogP contribution in [-0.2, 0) is 0 Å². The van der Waals surface area contributed by atoms with Crippen LogP contribution in [0.4, 0.5) is 11.4 Å². The zero-order chi connectivity index (χ0) is 13.1. The summed E-state index contributed by atoms with van der Waals surface area (Å²) in [5, 5.41) is 8.95. The summed E-state index contributed by atoms with van der Waals surface area (Å²) in [4.78, 5) is 13.6. The summed E-state index contributed by atoms with van der Waals surface area (Å²) in [6, 6.07) is 5.62. The van der Waals surface area contributed by atoms with Gasteiger partial charge in [-0.25, -0.2) is 0 Å². The number of hydrogen-bond acceptors (Lipinski definition) is 4. The number of carbonyl (C=O) groups excluding carboxylic acids is 1. The molecule has 1 fully saturated rings. The van der Waals surface area contributed by atoms with Crippen molar-refractivity contribution in [3.05, 3.63) is 23.8 Å². The lowest BCUT2D eigenvalue weighted by Crippen LogP contribution is -2.20. The number of carbonyl (C=O) groups is 1. The van der Waals surface area contributed by atoms with Gasteiger partial charge in [-0.05, 0) is 43.9 Å². The van der Waals surface area contributed by atoms with Gasteiger partial charge in [0.2, 0.25) is 0 Å². The van der Waals surface area contributed by atoms with Gasteiger partial charge in [0.1, 0.15) is 0 Å². The fraction of sp³-hybridized carbons (Fsp3) is 0.500. The van der Waals surface area contributed by atoms with Crippen LogP contribution in [0.1, 0.15) is 30.1 Å². The summed E-state index contributed by atoms with van der Waals surface area (Å²) in [5.74, 6) is 0.558. The fourth-order valence-electron chi connectivity index (χ4n) is 2.55. The third-order valence-corrected chi connectivity index (χ3v) is 3.60. The molecule has 98 valence electrons. The molecular weight excluding hydrogens is 228 g/mol. The van der Waals surface area contributed by atoms with Gasteiger partial charge < -0.3 is 15.7 Å². The normalized spacial score (nSPS) is 19.2. The Morgan fingerprint density at radius 2 is 2.33 bits per heavy atom. The highest BCUT2D eigenvalue weighted by molar-refractivity contribution is 5.99. The molecule has 1 atom stereocenters. The van der Waals surface area contributed by atoms with E-state index in [1.54, 1.807) is 6.07 Å². The number of anilines is 2. The molecule has 1 heterocycles. The maximum Gasteiger partial charge on any atom is 0.161 e. The van der Waals surface area contributed by atoms with Crippen LogP contribution in [0.15, 0.2) is 18.2 Å². The Morgan fingerprint density at radius 3 is 2.94 bits per heavy atom. The zero-order valence-corrected chi connectivity index (χ0v) is 10.7. The number of nitrogen functional groups attached to an aromatic ring is 1. The first-order valence-corrected chi connectivity index (χ1v) is 6.38. The number of aliphatic hydroxyl groups excluding tert-OH is 1. The second-order valence-corrected chi connectivity index (χ2v) is 4.94. The van der Waals surface area contributed by atoms with Gasteiger partial charge >= 0.3 is 0 Å². The van der Waals surface area contributed by atoms with Crippen LogP contribution in [0.3, 0.4) is 0 Å². The molecule has 0 bridgehead atoms. The molecule has 0 aromatic heterocycles. The van der Waals surface area contributed by atoms with E-state index in [0.717, 1.165) is 31.6 Å². The lowest BCUT2D eigenvalue weighted by molar-refractivity contribution is 0.101. The second kappa shape index (κ2) is 5.40. The molecule has 0 amide bonds. The van der Waals surface area contributed by atoms with E-state index in [1.807, 2.05) is 12.1 Å². The minimum Gasteiger partial charge on any atom is -0.398 e. The highest BCUT2D eigenvalue weighted by Crippen LogP contribution is 2.28. The average molecular weight is 248 g/mol. The van der Waals surface area contributed by atoms with Gasteiger partial charge in [-0.3, -0.25) is 4.79 Å². The molecule has 0 spiro atoms. The lowest BCUT2D eigenvalue weighted by atomic mass is 10.1. The first-order valence-electron chi connectivity index (χ1n) is 6.38. The number of hydrogen-bond donors (Lipinski definition) is 2. The molecule has 0 aliphatic carbocycles. The predicted octanol–water partition coefficient (Wildman–Crippen LogP) is 1.68. The first kappa shape index (κ1) is 12.9. The number of rotatable bonds is 4. The Balaban J connectivity index is 2.11. The van der Waals surface area contributed by atoms with Crippen LogP contribution in [0.2, 0.25) is 0 Å². The van der Waals surface area contributed by atoms with E-state index in [4.69, 9.17) is 10.8 Å². The highest BCUT2D eigenvalue weighted by Gasteiger charge is 2.22. The standard InChI is InChI=1S/C14H20N2O2/c1-10(18)13-3-2-12(8-14(13)15)16-6-4-11(9-16)5-7-17/h2-3,8,11,17H,4-7,9,15H2,1H3. The van der Waals surface area contributed by atoms with Crippen LogP contribution >= 0.6 is 0 Å². The lowest BCUT2D eigenvalue weighted by Gasteiger charge is -2.19. The maximum absolute atomic E-state index is 11.3. The van der Waals surface area contributed by atoms with Crippen LogP contribution in [-0.4, -0.2) is 30.6 Å². The highest BCUT2D eigenvalue weighted by atomic mass is 16.3. The van der Waals surface area contributed by atoms with Crippen molar-refractivity contribution in [2.75, 3.05) is 30.3 Å². The van der Waals surface area contributed by atoms with Crippen molar-refractivity contribution < 1.29 is 9.90 Å². The van der Waals surface area contributed by atoms with E-state index in [9.17, 15) is 4.79 Å². The van der Waals surface area contributed by atoms with Crippen LogP contribution in [0.5, 0.6) is 0 Å². The Morgan fingerprint density at radius 1 is 1.56 bits per heavy atom. The van der Waals surface area contributed by atoms with Gasteiger partial charge in [0, 0.05) is 36.6 Å². The van der Waals surface area contributed by atoms with E-state index in [-0.39, 0.29) is 12.4 Å². The van der Waals surface area contributed by atoms with Crippen molar-refractivity contribution in [1.29, 1.82) is 0 Å². The smallest absolute Gasteiger partial charge is 0.161 e. The van der Waals surface area contributed by atoms with Crippen LogP contribution in [0.25, 0.3) is 0 Å². The molecular formula is C14H20N2O2. The Labute approximate surface area is 107 Å². The molecule has 4 nitrogen and oxygen atoms in total. The van der Waals surface area contributed by atoms with Crippen molar-refractivity contribution >= 4 is 17.2 Å². The van der Waals surface area contributed by atoms with Crippen molar-refractivity contribution in [1.82, 2.24) is 0 Å². The minimum atomic E-state index is -0.00127. The fourth-order valence-corrected chi connectivity index (χ4v) is 2.55. The third kappa shape index (κ3) is 2.64. The minimum absolute atomic E-state index is 0.00127. The molecule has 1 unspecified atom stereocenters. The van der Waals surface area contributed by atoms with E-state index in [1.165, 1.54) is 6.92 Å². The van der Waals surface area contributed by atoms with Crippen molar-refractivity contribution in [2.24, 2.45) is 5.92 Å². The van der Waals surface area contributed by atoms with Gasteiger partial charge in [-0.1, -0.05) is 0 Å². The van der Waals surface area contributed by atoms with Gasteiger partial charge in [-0.15, -0.1) is 0 Å². The second-order valence-electron chi connectivity index (χ2n) is 4.94. The van der Waals surface area contributed by atoms with Crippen molar-refractivity contribution in [2.45, 2.75) is 19.8 Å². The summed E-state index contributed by atoms with van der Waals surface area (Å²) in [6.45, 7) is 3.73. The van der Waals surface area contributed by atoms with Crippen LogP contribution < -0.4 is 10.6 Å². The quantitative estimate of drug-likeness (QED) is 0.628. The topological polar surface area (TPSA) is 66.6 Å². The van der Waals surface area contributed by atoms with Gasteiger partial charge in [0.05, 0.1) is 0 Å². The summed E-state index contributed by atoms with van der Waals surface area (Å²) in [5.41, 5.74) is 8.10. The summed E-state index contributed by atoms with van der Waals surface area (Å²) < 4.78 is 0. The number of aliphatic hydroxyl groups is 1. The Hall–Kier alpha value is -1.55. The molecule has 0 saturated carbocycles. The molecule has 2 rings (SSSR count). The largest absolute Gasteiger partial charge is 0.398 e. The molecule has 3 N–H and O–H groups in total. The van der Waals surface area contributed by atoms with E-state index in [2.05, 4.69) is 4.90 Å². The number of nitrogens with two attached hydrogens (primary N) is 1. The number of Topliss-reactive ketones (excluding diaryl/α,β-unsaturated/α-hetero) is 1. The van der Waals surface area contributed by atoms with E-state index in [0.29, 0.717) is 17.2 Å². The van der Waals surface area contributed by atoms with E-state index >= 15 is 0 Å². The van der Waals surface area contributed by atoms with E-state index < -0.39 is 0 Å². The van der Waals surface area contributed by atoms with Crippen LogP contribution in [0, 0.1) is 5.92 Å². The molecule has 1 saturated heterocycles. The molecule has 1 aliphatic heterocycles. The maximum atomic E-state index is 11.3. The SMILES string of the molecule is CC(=O)c1ccc(N2CCC(CCO)C2)cc1N. The Kier molecular flexibility index (Phi) is 3.87. The Bertz CT molecular complexity index is 445. The van der Waals surface area contributed by atoms with Gasteiger partial charge in [0.25, 0.3) is 0 Å². The monoisotopic (exact) mass is 248 g/mol. The summed E-state index contributed by atoms with van der Waals surface area (Å²) >= 11 is 0. The van der Waals surface area contributed by atoms with Crippen molar-refractivity contribution in [3.63, 3.8) is 0 Å². The third-order valence-electron chi connectivity index (χ3n) is 3.60. The number of ketones is 1. The number of nitrogens with zero attached hydrogens (tertiary/aromatic N) is 1. The molecule has 18 heavy (non-hydrogen) atoms. The first-order chi connectivity index (χ1) is 8.61. The molecule has 1 aliphatic rings. The zero-order valence-electron chi connectivity index (χ0n) is 10.7. The summed E-state index contributed by atoms with van der Waals surface area (Å²) in [6.07, 6.45) is 1.96. The summed E-state index contributed by atoms with van der Waals surface area (Å²) in [7, 11) is 0. The molecule has 1 aromatic carbocycles. The van der Waals surface area contributed by atoms with Gasteiger partial charge in [0.15, 0.2) is 5.78 Å². The number of benzene rings is 1. The molecule has 1 aromatic rings. The average Bonchev–Trinajstić information content (AvgIpc) is 2.77. The molecule has 4 heteroatoms. The van der Waals surface area contributed by atoms with Gasteiger partial charge in [-0.2, -0.15) is 0 Å². The predicted molar refractivity (Wildman–Crippen MR) is 72.9 cm³/mol. The van der Waals surface area contributed by atoms with Crippen molar-refractivity contribution in [3.8, 4) is 0 Å².